The first-order valence-corrected chi connectivity index (χ1v) is 5.72. The molecule has 2 heterocycles. The van der Waals surface area contributed by atoms with Crippen molar-refractivity contribution in [2.24, 2.45) is 0 Å². The molecule has 0 atom stereocenters. The molecule has 0 fully saturated rings. The molecule has 0 spiro atoms. The minimum atomic E-state index is -1.13. The summed E-state index contributed by atoms with van der Waals surface area (Å²) in [5.41, 5.74) is -0.00853. The van der Waals surface area contributed by atoms with Crippen LogP contribution in [0.25, 0.3) is 0 Å². The summed E-state index contributed by atoms with van der Waals surface area (Å²) in [6.45, 7) is -0.536. The number of hydrogen-bond acceptors (Lipinski definition) is 5. The van der Waals surface area contributed by atoms with Gasteiger partial charge in [0.25, 0.3) is 23.6 Å². The van der Waals surface area contributed by atoms with Gasteiger partial charge in [0.05, 0.1) is 13.0 Å². The molecule has 1 N–H and O–H groups in total. The molecule has 0 bridgehead atoms. The number of rotatable bonds is 5. The third-order valence-electron chi connectivity index (χ3n) is 2.86. The summed E-state index contributed by atoms with van der Waals surface area (Å²) in [6, 6.07) is 0. The Morgan fingerprint density at radius 1 is 1.00 bits per heavy atom. The van der Waals surface area contributed by atoms with Gasteiger partial charge in [-0.1, -0.05) is 0 Å². The molecule has 4 amide bonds. The molecule has 0 unspecified atom stereocenters. The minimum Gasteiger partial charge on any atom is -0.481 e. The highest BCUT2D eigenvalue weighted by Crippen LogP contribution is 2.16. The van der Waals surface area contributed by atoms with E-state index >= 15 is 0 Å². The minimum absolute atomic E-state index is 0.00853. The lowest BCUT2D eigenvalue weighted by Crippen LogP contribution is -2.37. The molecular formula is C12H10N2O6. The van der Waals surface area contributed by atoms with E-state index in [1.165, 1.54) is 0 Å². The van der Waals surface area contributed by atoms with Crippen LogP contribution in [0.4, 0.5) is 0 Å². The Morgan fingerprint density at radius 2 is 1.60 bits per heavy atom. The van der Waals surface area contributed by atoms with Crippen molar-refractivity contribution >= 4 is 29.6 Å². The van der Waals surface area contributed by atoms with Gasteiger partial charge < -0.3 is 5.11 Å². The molecule has 2 aliphatic rings. The summed E-state index contributed by atoms with van der Waals surface area (Å²) < 4.78 is 0. The molecular weight excluding hydrogens is 268 g/mol. The van der Waals surface area contributed by atoms with Crippen LogP contribution in [0.1, 0.15) is 6.42 Å². The summed E-state index contributed by atoms with van der Waals surface area (Å²) in [4.78, 5) is 58.3. The van der Waals surface area contributed by atoms with E-state index in [9.17, 15) is 24.0 Å². The molecule has 0 saturated heterocycles. The van der Waals surface area contributed by atoms with E-state index in [0.29, 0.717) is 0 Å². The van der Waals surface area contributed by atoms with Crippen LogP contribution >= 0.6 is 0 Å². The van der Waals surface area contributed by atoms with Crippen molar-refractivity contribution in [2.75, 3.05) is 13.1 Å². The number of aliphatic carboxylic acids is 1. The summed E-state index contributed by atoms with van der Waals surface area (Å²) in [6.07, 6.45) is 2.81. The third kappa shape index (κ3) is 2.48. The molecule has 0 aromatic carbocycles. The number of carbonyl (C=O) groups is 5. The number of carboxylic acids is 1. The quantitative estimate of drug-likeness (QED) is 0.624. The lowest BCUT2D eigenvalue weighted by molar-refractivity contribution is -0.140. The van der Waals surface area contributed by atoms with Crippen molar-refractivity contribution < 1.29 is 29.1 Å². The van der Waals surface area contributed by atoms with Gasteiger partial charge in [-0.15, -0.1) is 0 Å². The van der Waals surface area contributed by atoms with Gasteiger partial charge in [-0.05, 0) is 0 Å². The fraction of sp³-hybridized carbons (Fsp3) is 0.250. The van der Waals surface area contributed by atoms with Crippen molar-refractivity contribution in [3.63, 3.8) is 0 Å². The van der Waals surface area contributed by atoms with E-state index in [1.807, 2.05) is 0 Å². The largest absolute Gasteiger partial charge is 0.481 e. The molecule has 20 heavy (non-hydrogen) atoms. The van der Waals surface area contributed by atoms with Gasteiger partial charge in [-0.25, -0.2) is 0 Å². The van der Waals surface area contributed by atoms with Crippen LogP contribution in [0.5, 0.6) is 0 Å². The smallest absolute Gasteiger partial charge is 0.305 e. The third-order valence-corrected chi connectivity index (χ3v) is 2.86. The van der Waals surface area contributed by atoms with Crippen molar-refractivity contribution in [3.8, 4) is 0 Å². The topological polar surface area (TPSA) is 112 Å². The highest BCUT2D eigenvalue weighted by Gasteiger charge is 2.34. The molecule has 8 heteroatoms. The second kappa shape index (κ2) is 5.08. The molecule has 0 radical (unpaired) electrons. The van der Waals surface area contributed by atoms with Gasteiger partial charge in [0.2, 0.25) is 0 Å². The maximum Gasteiger partial charge on any atom is 0.305 e. The molecule has 0 aromatic rings. The van der Waals surface area contributed by atoms with Gasteiger partial charge in [0, 0.05) is 30.3 Å². The molecule has 0 aliphatic carbocycles. The SMILES string of the molecule is O=C(O)CCN1C(=O)C=C(CN2C(=O)C=CC2=O)C1=O. The zero-order valence-electron chi connectivity index (χ0n) is 10.2. The maximum atomic E-state index is 11.9. The Kier molecular flexibility index (Phi) is 3.47. The standard InChI is InChI=1S/C12H10N2O6/c15-8-1-2-9(16)14(8)6-7-5-10(17)13(12(7)20)4-3-11(18)19/h1-2,5H,3-4,6H2,(H,18,19). The Balaban J connectivity index is 2.04. The number of carboxylic acid groups (broad SMARTS) is 1. The molecule has 104 valence electrons. The van der Waals surface area contributed by atoms with E-state index < -0.39 is 29.6 Å². The van der Waals surface area contributed by atoms with Gasteiger partial charge in [-0.3, -0.25) is 33.8 Å². The van der Waals surface area contributed by atoms with Crippen molar-refractivity contribution in [3.05, 3.63) is 23.8 Å². The lowest BCUT2D eigenvalue weighted by Gasteiger charge is -2.16. The lowest BCUT2D eigenvalue weighted by atomic mass is 10.2. The van der Waals surface area contributed by atoms with Crippen LogP contribution in [0.2, 0.25) is 0 Å². The number of nitrogens with zero attached hydrogens (tertiary/aromatic N) is 2. The normalized spacial score (nSPS) is 18.3. The van der Waals surface area contributed by atoms with E-state index in [1.54, 1.807) is 0 Å². The molecule has 8 nitrogen and oxygen atoms in total. The van der Waals surface area contributed by atoms with E-state index in [0.717, 1.165) is 28.0 Å². The summed E-state index contributed by atoms with van der Waals surface area (Å²) in [7, 11) is 0. The predicted octanol–water partition coefficient (Wildman–Crippen LogP) is -1.32. The first-order chi connectivity index (χ1) is 9.40. The predicted molar refractivity (Wildman–Crippen MR) is 62.9 cm³/mol. The summed E-state index contributed by atoms with van der Waals surface area (Å²) >= 11 is 0. The van der Waals surface area contributed by atoms with Gasteiger partial charge in [0.1, 0.15) is 0 Å². The highest BCUT2D eigenvalue weighted by atomic mass is 16.4. The zero-order valence-corrected chi connectivity index (χ0v) is 10.2. The van der Waals surface area contributed by atoms with Crippen molar-refractivity contribution in [2.45, 2.75) is 6.42 Å². The van der Waals surface area contributed by atoms with Gasteiger partial charge >= 0.3 is 5.97 Å². The maximum absolute atomic E-state index is 11.9. The van der Waals surface area contributed by atoms with Crippen LogP contribution in [0.15, 0.2) is 23.8 Å². The molecule has 0 saturated carbocycles. The first-order valence-electron chi connectivity index (χ1n) is 5.72. The first kappa shape index (κ1) is 13.7. The zero-order chi connectivity index (χ0) is 14.9. The Hall–Kier alpha value is -2.77. The van der Waals surface area contributed by atoms with Crippen LogP contribution < -0.4 is 0 Å². The number of amides is 4. The Morgan fingerprint density at radius 3 is 2.15 bits per heavy atom. The van der Waals surface area contributed by atoms with Gasteiger partial charge in [0.15, 0.2) is 0 Å². The second-order valence-electron chi connectivity index (χ2n) is 4.20. The second-order valence-corrected chi connectivity index (χ2v) is 4.20. The molecule has 0 aromatic heterocycles. The fourth-order valence-electron chi connectivity index (χ4n) is 1.85. The number of carbonyl (C=O) groups excluding carboxylic acids is 4. The molecule has 2 aliphatic heterocycles. The Bertz CT molecular complexity index is 571. The van der Waals surface area contributed by atoms with E-state index in [4.69, 9.17) is 5.11 Å². The monoisotopic (exact) mass is 278 g/mol. The number of hydrogen-bond donors (Lipinski definition) is 1. The average molecular weight is 278 g/mol. The number of imide groups is 2. The van der Waals surface area contributed by atoms with E-state index in [2.05, 4.69) is 0 Å². The van der Waals surface area contributed by atoms with Crippen molar-refractivity contribution in [1.29, 1.82) is 0 Å². The molecule has 2 rings (SSSR count). The fourth-order valence-corrected chi connectivity index (χ4v) is 1.85. The van der Waals surface area contributed by atoms with Crippen LogP contribution in [0, 0.1) is 0 Å². The summed E-state index contributed by atoms with van der Waals surface area (Å²) in [5, 5.41) is 8.54. The average Bonchev–Trinajstić information content (AvgIpc) is 2.82. The van der Waals surface area contributed by atoms with Crippen LogP contribution in [-0.2, 0) is 24.0 Å². The van der Waals surface area contributed by atoms with E-state index in [-0.39, 0.29) is 25.1 Å². The van der Waals surface area contributed by atoms with Crippen molar-refractivity contribution in [1.82, 2.24) is 9.80 Å². The van der Waals surface area contributed by atoms with Crippen LogP contribution in [0.3, 0.4) is 0 Å². The van der Waals surface area contributed by atoms with Crippen LogP contribution in [-0.4, -0.2) is 57.6 Å². The summed E-state index contributed by atoms with van der Waals surface area (Å²) in [5.74, 6) is -3.56. The van der Waals surface area contributed by atoms with Gasteiger partial charge in [-0.2, -0.15) is 0 Å². The highest BCUT2D eigenvalue weighted by molar-refractivity contribution is 6.18. The Labute approximate surface area is 112 Å².